The fraction of sp³-hybridized carbons (Fsp3) is 0.500. The lowest BCUT2D eigenvalue weighted by atomic mass is 10.1. The summed E-state index contributed by atoms with van der Waals surface area (Å²) in [5.74, 6) is -0.307. The number of ether oxygens (including phenoxy) is 1. The van der Waals surface area contributed by atoms with Crippen LogP contribution in [0.4, 0.5) is 10.5 Å². The fourth-order valence-corrected chi connectivity index (χ4v) is 1.98. The van der Waals surface area contributed by atoms with Gasteiger partial charge in [-0.3, -0.25) is 15.0 Å². The van der Waals surface area contributed by atoms with Crippen LogP contribution in [0, 0.1) is 0 Å². The smallest absolute Gasteiger partial charge is 0.434 e. The summed E-state index contributed by atoms with van der Waals surface area (Å²) in [4.78, 5) is 29.5. The molecule has 21 heavy (non-hydrogen) atoms. The van der Waals surface area contributed by atoms with Gasteiger partial charge in [-0.1, -0.05) is 0 Å². The molecule has 1 N–H and O–H groups in total. The highest BCUT2D eigenvalue weighted by Crippen LogP contribution is 2.23. The number of amides is 2. The summed E-state index contributed by atoms with van der Waals surface area (Å²) >= 11 is 0. The maximum atomic E-state index is 12.2. The summed E-state index contributed by atoms with van der Waals surface area (Å²) in [7, 11) is 0. The predicted octanol–water partition coefficient (Wildman–Crippen LogP) is 1.81. The monoisotopic (exact) mass is 293 g/mol. The molecule has 7 heteroatoms. The summed E-state index contributed by atoms with van der Waals surface area (Å²) < 4.78 is 5.09. The Labute approximate surface area is 123 Å². The number of nitrogens with zero attached hydrogens (tertiary/aromatic N) is 3. The highest BCUT2D eigenvalue weighted by molar-refractivity contribution is 5.99. The van der Waals surface area contributed by atoms with E-state index in [0.717, 1.165) is 0 Å². The number of hydrogen-bond acceptors (Lipinski definition) is 5. The average Bonchev–Trinajstić information content (AvgIpc) is 2.79. The minimum Gasteiger partial charge on any atom is -0.434 e. The van der Waals surface area contributed by atoms with E-state index < -0.39 is 17.7 Å². The van der Waals surface area contributed by atoms with Gasteiger partial charge in [0.15, 0.2) is 6.10 Å². The molecule has 0 aliphatic carbocycles. The molecule has 2 amide bonds. The Morgan fingerprint density at radius 2 is 2.24 bits per heavy atom. The molecule has 1 aromatic heterocycles. The number of rotatable bonds is 2. The molecular formula is C14H19N3O4. The molecule has 1 saturated heterocycles. The molecule has 1 atom stereocenters. The topological polar surface area (TPSA) is 83.0 Å². The SMILES string of the molecule is CC(C)(C)N(O)C(=O)OC1CCN(c2cccnc2)C1=O. The van der Waals surface area contributed by atoms with Gasteiger partial charge in [-0.05, 0) is 32.9 Å². The van der Waals surface area contributed by atoms with Crippen molar-refractivity contribution in [3.63, 3.8) is 0 Å². The lowest BCUT2D eigenvalue weighted by molar-refractivity contribution is -0.143. The fourth-order valence-electron chi connectivity index (χ4n) is 1.98. The predicted molar refractivity (Wildman–Crippen MR) is 74.9 cm³/mol. The van der Waals surface area contributed by atoms with Gasteiger partial charge >= 0.3 is 6.09 Å². The van der Waals surface area contributed by atoms with Crippen LogP contribution in [0.3, 0.4) is 0 Å². The molecule has 0 saturated carbocycles. The van der Waals surface area contributed by atoms with E-state index in [0.29, 0.717) is 23.7 Å². The zero-order chi connectivity index (χ0) is 15.6. The van der Waals surface area contributed by atoms with Crippen molar-refractivity contribution in [2.45, 2.75) is 38.8 Å². The standard InChI is InChI=1S/C14H19N3O4/c1-14(2,3)17(20)13(19)21-11-6-8-16(12(11)18)10-5-4-7-15-9-10/h4-5,7,9,11,20H,6,8H2,1-3H3. The van der Waals surface area contributed by atoms with Crippen LogP contribution in [0.2, 0.25) is 0 Å². The summed E-state index contributed by atoms with van der Waals surface area (Å²) in [6, 6.07) is 3.50. The number of hydrogen-bond donors (Lipinski definition) is 1. The van der Waals surface area contributed by atoms with Crippen molar-refractivity contribution in [3.8, 4) is 0 Å². The van der Waals surface area contributed by atoms with Gasteiger partial charge in [0.1, 0.15) is 0 Å². The van der Waals surface area contributed by atoms with Crippen LogP contribution < -0.4 is 4.90 Å². The van der Waals surface area contributed by atoms with E-state index in [1.54, 1.807) is 45.3 Å². The molecule has 1 aromatic rings. The molecule has 1 unspecified atom stereocenters. The van der Waals surface area contributed by atoms with Gasteiger partial charge in [0.2, 0.25) is 0 Å². The van der Waals surface area contributed by atoms with E-state index in [1.165, 1.54) is 4.90 Å². The first-order valence-corrected chi connectivity index (χ1v) is 6.72. The zero-order valence-corrected chi connectivity index (χ0v) is 12.3. The van der Waals surface area contributed by atoms with E-state index in [2.05, 4.69) is 4.98 Å². The minimum absolute atomic E-state index is 0.307. The molecule has 1 aliphatic rings. The Morgan fingerprint density at radius 3 is 2.81 bits per heavy atom. The van der Waals surface area contributed by atoms with Crippen LogP contribution in [0.25, 0.3) is 0 Å². The normalized spacial score (nSPS) is 18.8. The van der Waals surface area contributed by atoms with E-state index in [4.69, 9.17) is 4.74 Å². The maximum absolute atomic E-state index is 12.2. The number of hydroxylamine groups is 2. The molecule has 1 fully saturated rings. The molecule has 0 radical (unpaired) electrons. The Bertz CT molecular complexity index is 527. The van der Waals surface area contributed by atoms with Gasteiger partial charge in [0, 0.05) is 19.2 Å². The molecule has 114 valence electrons. The second kappa shape index (κ2) is 5.69. The van der Waals surface area contributed by atoms with E-state index in [1.807, 2.05) is 0 Å². The third-order valence-corrected chi connectivity index (χ3v) is 3.17. The second-order valence-corrected chi connectivity index (χ2v) is 5.84. The summed E-state index contributed by atoms with van der Waals surface area (Å²) in [5, 5.41) is 10.2. The van der Waals surface area contributed by atoms with Gasteiger partial charge in [-0.25, -0.2) is 4.79 Å². The first kappa shape index (κ1) is 15.2. The zero-order valence-electron chi connectivity index (χ0n) is 12.3. The Morgan fingerprint density at radius 1 is 1.52 bits per heavy atom. The van der Waals surface area contributed by atoms with Gasteiger partial charge in [-0.15, -0.1) is 0 Å². The van der Waals surface area contributed by atoms with Crippen LogP contribution >= 0.6 is 0 Å². The molecule has 2 rings (SSSR count). The van der Waals surface area contributed by atoms with Crippen molar-refractivity contribution in [3.05, 3.63) is 24.5 Å². The summed E-state index contributed by atoms with van der Waals surface area (Å²) in [6.07, 6.45) is 1.78. The highest BCUT2D eigenvalue weighted by atomic mass is 16.6. The quantitative estimate of drug-likeness (QED) is 0.664. The van der Waals surface area contributed by atoms with Crippen molar-refractivity contribution >= 4 is 17.7 Å². The molecule has 7 nitrogen and oxygen atoms in total. The lowest BCUT2D eigenvalue weighted by Crippen LogP contribution is -2.45. The number of pyridine rings is 1. The third kappa shape index (κ3) is 3.30. The van der Waals surface area contributed by atoms with Gasteiger partial charge < -0.3 is 9.64 Å². The van der Waals surface area contributed by atoms with Crippen molar-refractivity contribution < 1.29 is 19.5 Å². The molecule has 1 aliphatic heterocycles. The average molecular weight is 293 g/mol. The van der Waals surface area contributed by atoms with Crippen molar-refractivity contribution in [1.82, 2.24) is 10.0 Å². The molecule has 0 spiro atoms. The van der Waals surface area contributed by atoms with Crippen LogP contribution in [0.5, 0.6) is 0 Å². The van der Waals surface area contributed by atoms with Gasteiger partial charge in [0.25, 0.3) is 5.91 Å². The van der Waals surface area contributed by atoms with Gasteiger partial charge in [-0.2, -0.15) is 5.06 Å². The third-order valence-electron chi connectivity index (χ3n) is 3.17. The van der Waals surface area contributed by atoms with Crippen molar-refractivity contribution in [1.29, 1.82) is 0 Å². The number of carbonyl (C=O) groups excluding carboxylic acids is 2. The van der Waals surface area contributed by atoms with Crippen molar-refractivity contribution in [2.24, 2.45) is 0 Å². The Kier molecular flexibility index (Phi) is 4.13. The summed E-state index contributed by atoms with van der Waals surface area (Å²) in [6.45, 7) is 5.43. The van der Waals surface area contributed by atoms with E-state index in [9.17, 15) is 14.8 Å². The van der Waals surface area contributed by atoms with Crippen LogP contribution in [-0.4, -0.2) is 45.4 Å². The number of carbonyl (C=O) groups is 2. The largest absolute Gasteiger partial charge is 0.435 e. The second-order valence-electron chi connectivity index (χ2n) is 5.84. The first-order valence-electron chi connectivity index (χ1n) is 6.72. The minimum atomic E-state index is -0.922. The van der Waals surface area contributed by atoms with Crippen molar-refractivity contribution in [2.75, 3.05) is 11.4 Å². The molecular weight excluding hydrogens is 274 g/mol. The van der Waals surface area contributed by atoms with Crippen LogP contribution in [0.1, 0.15) is 27.2 Å². The number of aromatic nitrogens is 1. The highest BCUT2D eigenvalue weighted by Gasteiger charge is 2.38. The van der Waals surface area contributed by atoms with Gasteiger partial charge in [0.05, 0.1) is 17.4 Å². The summed E-state index contributed by atoms with van der Waals surface area (Å²) in [5.41, 5.74) is -0.125. The van der Waals surface area contributed by atoms with Crippen LogP contribution in [0.15, 0.2) is 24.5 Å². The first-order chi connectivity index (χ1) is 9.80. The van der Waals surface area contributed by atoms with E-state index >= 15 is 0 Å². The lowest BCUT2D eigenvalue weighted by Gasteiger charge is -2.29. The van der Waals surface area contributed by atoms with Crippen LogP contribution in [-0.2, 0) is 9.53 Å². The van der Waals surface area contributed by atoms with E-state index in [-0.39, 0.29) is 5.91 Å². The Hall–Kier alpha value is -2.15. The number of anilines is 1. The Balaban J connectivity index is 2.01. The molecule has 0 aromatic carbocycles. The molecule has 0 bridgehead atoms. The maximum Gasteiger partial charge on any atom is 0.435 e. The molecule has 2 heterocycles.